The van der Waals surface area contributed by atoms with Crippen LogP contribution in [0.2, 0.25) is 0 Å². The number of rotatable bonds is 9. The normalized spacial score (nSPS) is 11.2. The van der Waals surface area contributed by atoms with Crippen molar-refractivity contribution in [2.45, 2.75) is 31.6 Å². The Bertz CT molecular complexity index is 598. The molecule has 7 heteroatoms. The average Bonchev–Trinajstić information content (AvgIpc) is 2.44. The van der Waals surface area contributed by atoms with Crippen molar-refractivity contribution in [2.24, 2.45) is 0 Å². The van der Waals surface area contributed by atoms with Crippen molar-refractivity contribution in [1.29, 1.82) is 0 Å². The highest BCUT2D eigenvalue weighted by Gasteiger charge is 2.13. The monoisotopic (exact) mass is 329 g/mol. The van der Waals surface area contributed by atoms with E-state index in [2.05, 4.69) is 5.32 Å². The summed E-state index contributed by atoms with van der Waals surface area (Å²) in [5.41, 5.74) is 0.429. The molecule has 1 aromatic rings. The van der Waals surface area contributed by atoms with Gasteiger partial charge in [-0.05, 0) is 25.5 Å². The largest absolute Gasteiger partial charge is 0.492 e. The lowest BCUT2D eigenvalue weighted by Crippen LogP contribution is -2.19. The molecule has 1 aromatic carbocycles. The van der Waals surface area contributed by atoms with E-state index in [1.807, 2.05) is 6.92 Å². The molecule has 1 amide bonds. The molecule has 0 saturated heterocycles. The van der Waals surface area contributed by atoms with E-state index in [1.54, 1.807) is 6.92 Å². The number of carbonyl (C=O) groups excluding carboxylic acids is 1. The number of unbranched alkanes of at least 4 members (excludes halogenated alkanes) is 1. The fraction of sp³-hybridized carbons (Fsp3) is 0.533. The third-order valence-electron chi connectivity index (χ3n) is 2.83. The molecule has 0 spiro atoms. The first-order valence-electron chi connectivity index (χ1n) is 7.23. The fourth-order valence-electron chi connectivity index (χ4n) is 1.71. The maximum absolute atomic E-state index is 11.8. The lowest BCUT2D eigenvalue weighted by molar-refractivity contribution is -0.120. The van der Waals surface area contributed by atoms with Gasteiger partial charge < -0.3 is 14.8 Å². The lowest BCUT2D eigenvalue weighted by atomic mass is 10.3. The van der Waals surface area contributed by atoms with Crippen molar-refractivity contribution in [2.75, 3.05) is 31.4 Å². The van der Waals surface area contributed by atoms with E-state index >= 15 is 0 Å². The first-order chi connectivity index (χ1) is 10.4. The summed E-state index contributed by atoms with van der Waals surface area (Å²) in [6.07, 6.45) is 3.03. The first kappa shape index (κ1) is 18.4. The minimum absolute atomic E-state index is 0.0423. The van der Waals surface area contributed by atoms with Gasteiger partial charge in [0, 0.05) is 18.9 Å². The van der Waals surface area contributed by atoms with Gasteiger partial charge in [0.15, 0.2) is 9.84 Å². The predicted octanol–water partition coefficient (Wildman–Crippen LogP) is 2.24. The minimum Gasteiger partial charge on any atom is -0.492 e. The summed E-state index contributed by atoms with van der Waals surface area (Å²) in [4.78, 5) is 12.0. The van der Waals surface area contributed by atoms with E-state index in [0.29, 0.717) is 24.7 Å². The lowest BCUT2D eigenvalue weighted by Gasteiger charge is -2.13. The second-order valence-electron chi connectivity index (χ2n) is 4.82. The maximum Gasteiger partial charge on any atom is 0.250 e. The van der Waals surface area contributed by atoms with Crippen LogP contribution in [0.15, 0.2) is 23.1 Å². The van der Waals surface area contributed by atoms with E-state index in [9.17, 15) is 13.2 Å². The van der Waals surface area contributed by atoms with E-state index in [-0.39, 0.29) is 17.4 Å². The van der Waals surface area contributed by atoms with Crippen LogP contribution in [-0.4, -0.2) is 40.4 Å². The molecule has 0 bridgehead atoms. The van der Waals surface area contributed by atoms with Crippen molar-refractivity contribution in [3.8, 4) is 5.75 Å². The molecule has 22 heavy (non-hydrogen) atoms. The van der Waals surface area contributed by atoms with Crippen LogP contribution in [0.25, 0.3) is 0 Å². The average molecular weight is 329 g/mol. The number of benzene rings is 1. The SMILES string of the molecule is CCCCOCC(=O)Nc1ccc(S(C)(=O)=O)cc1OCC. The summed E-state index contributed by atoms with van der Waals surface area (Å²) >= 11 is 0. The molecular weight excluding hydrogens is 306 g/mol. The highest BCUT2D eigenvalue weighted by atomic mass is 32.2. The van der Waals surface area contributed by atoms with Gasteiger partial charge in [-0.2, -0.15) is 0 Å². The number of amides is 1. The zero-order valence-electron chi connectivity index (χ0n) is 13.2. The van der Waals surface area contributed by atoms with E-state index in [1.165, 1.54) is 18.2 Å². The second-order valence-corrected chi connectivity index (χ2v) is 6.83. The fourth-order valence-corrected chi connectivity index (χ4v) is 2.35. The van der Waals surface area contributed by atoms with Gasteiger partial charge in [0.05, 0.1) is 17.2 Å². The van der Waals surface area contributed by atoms with Crippen LogP contribution in [0.3, 0.4) is 0 Å². The number of sulfone groups is 1. The van der Waals surface area contributed by atoms with E-state index in [0.717, 1.165) is 19.1 Å². The summed E-state index contributed by atoms with van der Waals surface area (Å²) in [5, 5.41) is 2.67. The van der Waals surface area contributed by atoms with Crippen molar-refractivity contribution in [3.05, 3.63) is 18.2 Å². The van der Waals surface area contributed by atoms with Crippen LogP contribution in [0.4, 0.5) is 5.69 Å². The standard InChI is InChI=1S/C15H23NO5S/c1-4-6-9-20-11-15(17)16-13-8-7-12(22(3,18)19)10-14(13)21-5-2/h7-8,10H,4-6,9,11H2,1-3H3,(H,16,17). The summed E-state index contributed by atoms with van der Waals surface area (Å²) in [6, 6.07) is 4.36. The molecule has 0 unspecified atom stereocenters. The molecule has 0 atom stereocenters. The van der Waals surface area contributed by atoms with Crippen LogP contribution in [0.5, 0.6) is 5.75 Å². The van der Waals surface area contributed by atoms with Crippen molar-refractivity contribution in [1.82, 2.24) is 0 Å². The molecule has 0 saturated carbocycles. The molecule has 0 aromatic heterocycles. The van der Waals surface area contributed by atoms with Crippen molar-refractivity contribution < 1.29 is 22.7 Å². The van der Waals surface area contributed by atoms with Crippen LogP contribution < -0.4 is 10.1 Å². The van der Waals surface area contributed by atoms with Gasteiger partial charge in [0.2, 0.25) is 5.91 Å². The number of anilines is 1. The Kier molecular flexibility index (Phi) is 7.34. The number of ether oxygens (including phenoxy) is 2. The molecule has 124 valence electrons. The Balaban J connectivity index is 2.79. The number of carbonyl (C=O) groups is 1. The second kappa shape index (κ2) is 8.75. The summed E-state index contributed by atoms with van der Waals surface area (Å²) in [5.74, 6) is 0.0245. The Hall–Kier alpha value is -1.60. The zero-order chi connectivity index (χ0) is 16.6. The van der Waals surface area contributed by atoms with Gasteiger partial charge in [0.1, 0.15) is 12.4 Å². The molecule has 0 aliphatic carbocycles. The summed E-state index contributed by atoms with van der Waals surface area (Å²) in [6.45, 7) is 4.69. The smallest absolute Gasteiger partial charge is 0.250 e. The van der Waals surface area contributed by atoms with Gasteiger partial charge in [-0.1, -0.05) is 13.3 Å². The minimum atomic E-state index is -3.33. The Morgan fingerprint density at radius 1 is 1.27 bits per heavy atom. The molecule has 0 aliphatic rings. The third-order valence-corrected chi connectivity index (χ3v) is 3.94. The quantitative estimate of drug-likeness (QED) is 0.703. The van der Waals surface area contributed by atoms with Crippen LogP contribution in [0, 0.1) is 0 Å². The Labute approximate surface area is 131 Å². The Morgan fingerprint density at radius 3 is 2.59 bits per heavy atom. The number of hydrogen-bond donors (Lipinski definition) is 1. The van der Waals surface area contributed by atoms with Crippen molar-refractivity contribution >= 4 is 21.4 Å². The maximum atomic E-state index is 11.8. The van der Waals surface area contributed by atoms with Gasteiger partial charge in [-0.25, -0.2) is 8.42 Å². The third kappa shape index (κ3) is 6.03. The molecular formula is C15H23NO5S. The van der Waals surface area contributed by atoms with E-state index < -0.39 is 9.84 Å². The number of nitrogens with one attached hydrogen (secondary N) is 1. The van der Waals surface area contributed by atoms with Crippen molar-refractivity contribution in [3.63, 3.8) is 0 Å². The molecule has 0 aliphatic heterocycles. The summed E-state index contributed by atoms with van der Waals surface area (Å²) in [7, 11) is -3.33. The van der Waals surface area contributed by atoms with Gasteiger partial charge in [-0.3, -0.25) is 4.79 Å². The molecule has 0 radical (unpaired) electrons. The first-order valence-corrected chi connectivity index (χ1v) is 9.12. The van der Waals surface area contributed by atoms with Gasteiger partial charge in [-0.15, -0.1) is 0 Å². The molecule has 1 N–H and O–H groups in total. The highest BCUT2D eigenvalue weighted by molar-refractivity contribution is 7.90. The Morgan fingerprint density at radius 2 is 2.00 bits per heavy atom. The zero-order valence-corrected chi connectivity index (χ0v) is 14.0. The topological polar surface area (TPSA) is 81.7 Å². The van der Waals surface area contributed by atoms with Crippen LogP contribution in [0.1, 0.15) is 26.7 Å². The molecule has 1 rings (SSSR count). The molecule has 0 fully saturated rings. The van der Waals surface area contributed by atoms with Gasteiger partial charge in [0.25, 0.3) is 0 Å². The van der Waals surface area contributed by atoms with Gasteiger partial charge >= 0.3 is 0 Å². The van der Waals surface area contributed by atoms with Crippen LogP contribution >= 0.6 is 0 Å². The molecule has 6 nitrogen and oxygen atoms in total. The summed E-state index contributed by atoms with van der Waals surface area (Å²) < 4.78 is 33.8. The number of hydrogen-bond acceptors (Lipinski definition) is 5. The highest BCUT2D eigenvalue weighted by Crippen LogP contribution is 2.28. The van der Waals surface area contributed by atoms with E-state index in [4.69, 9.17) is 9.47 Å². The molecule has 0 heterocycles. The predicted molar refractivity (Wildman–Crippen MR) is 85.1 cm³/mol. The van der Waals surface area contributed by atoms with Crippen LogP contribution in [-0.2, 0) is 19.4 Å².